The number of rotatable bonds is 4. The Morgan fingerprint density at radius 3 is 2.94 bits per heavy atom. The molecule has 16 heavy (non-hydrogen) atoms. The number of aliphatic hydroxyl groups excluding tert-OH is 1. The van der Waals surface area contributed by atoms with Crippen LogP contribution in [-0.2, 0) is 0 Å². The fraction of sp³-hybridized carbons (Fsp3) is 0.182. The first-order valence-corrected chi connectivity index (χ1v) is 6.62. The molecule has 0 aliphatic rings. The third-order valence-electron chi connectivity index (χ3n) is 2.04. The highest BCUT2D eigenvalue weighted by atomic mass is 79.9. The molecule has 0 fully saturated rings. The van der Waals surface area contributed by atoms with E-state index < -0.39 is 0 Å². The standard InChI is InChI=1S/C11H11BrN2OS/c12-9-3-1-2-4-10(9)14-6-5-13-11(14)16-8-7-15/h1-6,15H,7-8H2. The maximum atomic E-state index is 8.81. The van der Waals surface area contributed by atoms with Crippen LogP contribution in [0.4, 0.5) is 0 Å². The molecule has 0 saturated carbocycles. The molecule has 5 heteroatoms. The average molecular weight is 299 g/mol. The van der Waals surface area contributed by atoms with E-state index in [1.54, 1.807) is 6.20 Å². The van der Waals surface area contributed by atoms with Gasteiger partial charge in [-0.05, 0) is 28.1 Å². The molecule has 0 spiro atoms. The summed E-state index contributed by atoms with van der Waals surface area (Å²) < 4.78 is 3.03. The number of thioether (sulfide) groups is 1. The molecule has 1 aromatic carbocycles. The van der Waals surface area contributed by atoms with Crippen LogP contribution in [0.1, 0.15) is 0 Å². The number of para-hydroxylation sites is 1. The smallest absolute Gasteiger partial charge is 0.172 e. The van der Waals surface area contributed by atoms with Gasteiger partial charge in [0.15, 0.2) is 5.16 Å². The normalized spacial score (nSPS) is 10.6. The molecule has 0 bridgehead atoms. The van der Waals surface area contributed by atoms with E-state index in [-0.39, 0.29) is 6.61 Å². The second-order valence-corrected chi connectivity index (χ2v) is 5.02. The molecule has 0 radical (unpaired) electrons. The van der Waals surface area contributed by atoms with Gasteiger partial charge in [-0.15, -0.1) is 0 Å². The molecule has 84 valence electrons. The van der Waals surface area contributed by atoms with Crippen molar-refractivity contribution >= 4 is 27.7 Å². The van der Waals surface area contributed by atoms with Crippen LogP contribution < -0.4 is 0 Å². The minimum Gasteiger partial charge on any atom is -0.396 e. The molecule has 1 heterocycles. The predicted octanol–water partition coefficient (Wildman–Crippen LogP) is 2.72. The Kier molecular flexibility index (Phi) is 4.04. The van der Waals surface area contributed by atoms with Crippen molar-refractivity contribution in [3.63, 3.8) is 0 Å². The summed E-state index contributed by atoms with van der Waals surface area (Å²) in [4.78, 5) is 4.27. The lowest BCUT2D eigenvalue weighted by Crippen LogP contribution is -1.97. The number of halogens is 1. The van der Waals surface area contributed by atoms with E-state index in [1.165, 1.54) is 11.8 Å². The van der Waals surface area contributed by atoms with Gasteiger partial charge in [-0.25, -0.2) is 4.98 Å². The summed E-state index contributed by atoms with van der Waals surface area (Å²) in [6.07, 6.45) is 3.68. The van der Waals surface area contributed by atoms with Crippen LogP contribution in [0, 0.1) is 0 Å². The van der Waals surface area contributed by atoms with Crippen molar-refractivity contribution in [3.8, 4) is 5.69 Å². The molecule has 0 unspecified atom stereocenters. The number of imidazole rings is 1. The number of aliphatic hydroxyl groups is 1. The molecule has 0 atom stereocenters. The fourth-order valence-corrected chi connectivity index (χ4v) is 2.55. The number of hydrogen-bond donors (Lipinski definition) is 1. The monoisotopic (exact) mass is 298 g/mol. The fourth-order valence-electron chi connectivity index (χ4n) is 1.36. The first kappa shape index (κ1) is 11.7. The lowest BCUT2D eigenvalue weighted by atomic mass is 10.3. The van der Waals surface area contributed by atoms with Gasteiger partial charge in [0.2, 0.25) is 0 Å². The third kappa shape index (κ3) is 2.48. The van der Waals surface area contributed by atoms with Crippen molar-refractivity contribution in [1.82, 2.24) is 9.55 Å². The van der Waals surface area contributed by atoms with Crippen molar-refractivity contribution in [1.29, 1.82) is 0 Å². The Balaban J connectivity index is 2.33. The second kappa shape index (κ2) is 5.52. The van der Waals surface area contributed by atoms with Gasteiger partial charge in [0.1, 0.15) is 0 Å². The zero-order valence-corrected chi connectivity index (χ0v) is 10.9. The van der Waals surface area contributed by atoms with E-state index >= 15 is 0 Å². The molecular weight excluding hydrogens is 288 g/mol. The van der Waals surface area contributed by atoms with Crippen molar-refractivity contribution in [3.05, 3.63) is 41.1 Å². The zero-order chi connectivity index (χ0) is 11.4. The van der Waals surface area contributed by atoms with Crippen LogP contribution in [0.3, 0.4) is 0 Å². The number of benzene rings is 1. The summed E-state index contributed by atoms with van der Waals surface area (Å²) in [7, 11) is 0. The van der Waals surface area contributed by atoms with Gasteiger partial charge in [0, 0.05) is 22.6 Å². The van der Waals surface area contributed by atoms with E-state index in [0.29, 0.717) is 5.75 Å². The van der Waals surface area contributed by atoms with Crippen LogP contribution in [0.25, 0.3) is 5.69 Å². The first-order chi connectivity index (χ1) is 7.83. The van der Waals surface area contributed by atoms with Gasteiger partial charge in [0.25, 0.3) is 0 Å². The molecule has 2 aromatic rings. The third-order valence-corrected chi connectivity index (χ3v) is 3.66. The van der Waals surface area contributed by atoms with E-state index in [0.717, 1.165) is 15.3 Å². The van der Waals surface area contributed by atoms with Gasteiger partial charge in [-0.2, -0.15) is 0 Å². The maximum absolute atomic E-state index is 8.81. The molecule has 3 nitrogen and oxygen atoms in total. The Morgan fingerprint density at radius 2 is 2.19 bits per heavy atom. The average Bonchev–Trinajstić information content (AvgIpc) is 2.75. The second-order valence-electron chi connectivity index (χ2n) is 3.10. The van der Waals surface area contributed by atoms with E-state index in [1.807, 2.05) is 35.0 Å². The van der Waals surface area contributed by atoms with Gasteiger partial charge < -0.3 is 5.11 Å². The SMILES string of the molecule is OCCSc1nccn1-c1ccccc1Br. The van der Waals surface area contributed by atoms with Crippen LogP contribution in [-0.4, -0.2) is 27.0 Å². The summed E-state index contributed by atoms with van der Waals surface area (Å²) in [5.74, 6) is 0.654. The molecule has 1 N–H and O–H groups in total. The summed E-state index contributed by atoms with van der Waals surface area (Å²) in [6, 6.07) is 7.98. The number of nitrogens with zero attached hydrogens (tertiary/aromatic N) is 2. The highest BCUT2D eigenvalue weighted by Gasteiger charge is 2.07. The van der Waals surface area contributed by atoms with Crippen molar-refractivity contribution < 1.29 is 5.11 Å². The Labute approximate surface area is 107 Å². The molecular formula is C11H11BrN2OS. The topological polar surface area (TPSA) is 38.1 Å². The largest absolute Gasteiger partial charge is 0.396 e. The van der Waals surface area contributed by atoms with Crippen LogP contribution in [0.15, 0.2) is 46.3 Å². The van der Waals surface area contributed by atoms with Gasteiger partial charge in [0.05, 0.1) is 12.3 Å². The minimum atomic E-state index is 0.160. The summed E-state index contributed by atoms with van der Waals surface area (Å²) in [5, 5.41) is 9.70. The van der Waals surface area contributed by atoms with Crippen LogP contribution in [0.5, 0.6) is 0 Å². The molecule has 0 amide bonds. The lowest BCUT2D eigenvalue weighted by molar-refractivity contribution is 0.322. The summed E-state index contributed by atoms with van der Waals surface area (Å²) in [6.45, 7) is 0.160. The van der Waals surface area contributed by atoms with E-state index in [2.05, 4.69) is 20.9 Å². The summed E-state index contributed by atoms with van der Waals surface area (Å²) in [5.41, 5.74) is 1.06. The molecule has 0 aliphatic carbocycles. The number of aromatic nitrogens is 2. The van der Waals surface area contributed by atoms with E-state index in [4.69, 9.17) is 5.11 Å². The highest BCUT2D eigenvalue weighted by Crippen LogP contribution is 2.25. The van der Waals surface area contributed by atoms with Crippen molar-refractivity contribution in [2.24, 2.45) is 0 Å². The Bertz CT molecular complexity index is 473. The van der Waals surface area contributed by atoms with Crippen molar-refractivity contribution in [2.75, 3.05) is 12.4 Å². The van der Waals surface area contributed by atoms with Gasteiger partial charge >= 0.3 is 0 Å². The Hall–Kier alpha value is -0.780. The van der Waals surface area contributed by atoms with Crippen molar-refractivity contribution in [2.45, 2.75) is 5.16 Å². The summed E-state index contributed by atoms with van der Waals surface area (Å²) >= 11 is 5.05. The number of hydrogen-bond acceptors (Lipinski definition) is 3. The minimum absolute atomic E-state index is 0.160. The predicted molar refractivity (Wildman–Crippen MR) is 69.1 cm³/mol. The zero-order valence-electron chi connectivity index (χ0n) is 8.51. The molecule has 1 aromatic heterocycles. The quantitative estimate of drug-likeness (QED) is 0.882. The van der Waals surface area contributed by atoms with Gasteiger partial charge in [-0.1, -0.05) is 23.9 Å². The van der Waals surface area contributed by atoms with Crippen LogP contribution >= 0.6 is 27.7 Å². The van der Waals surface area contributed by atoms with Crippen LogP contribution in [0.2, 0.25) is 0 Å². The molecule has 0 aliphatic heterocycles. The first-order valence-electron chi connectivity index (χ1n) is 4.85. The van der Waals surface area contributed by atoms with Gasteiger partial charge in [-0.3, -0.25) is 4.57 Å². The lowest BCUT2D eigenvalue weighted by Gasteiger charge is -2.08. The maximum Gasteiger partial charge on any atom is 0.172 e. The van der Waals surface area contributed by atoms with E-state index in [9.17, 15) is 0 Å². The Morgan fingerprint density at radius 1 is 1.38 bits per heavy atom. The highest BCUT2D eigenvalue weighted by molar-refractivity contribution is 9.10. The molecule has 2 rings (SSSR count). The molecule has 0 saturated heterocycles.